The number of rotatable bonds is 5. The van der Waals surface area contributed by atoms with E-state index >= 15 is 0 Å². The van der Waals surface area contributed by atoms with Gasteiger partial charge in [-0.25, -0.2) is 4.79 Å². The molecule has 0 fully saturated rings. The zero-order valence-electron chi connectivity index (χ0n) is 14.8. The molecule has 0 N–H and O–H groups in total. The molecule has 0 saturated heterocycles. The van der Waals surface area contributed by atoms with Crippen molar-refractivity contribution in [3.8, 4) is 5.75 Å². The fourth-order valence-electron chi connectivity index (χ4n) is 2.73. The average molecular weight is 351 g/mol. The molecule has 134 valence electrons. The third-order valence-corrected chi connectivity index (χ3v) is 4.48. The first-order valence-corrected chi connectivity index (χ1v) is 8.46. The summed E-state index contributed by atoms with van der Waals surface area (Å²) in [7, 11) is 1.70. The Hall–Kier alpha value is -3.08. The molecular weight excluding hydrogens is 330 g/mol. The smallest absolute Gasteiger partial charge is 0.338 e. The van der Waals surface area contributed by atoms with Crippen molar-refractivity contribution in [3.05, 3.63) is 71.3 Å². The number of carbonyl (C=O) groups excluding carboxylic acids is 2. The van der Waals surface area contributed by atoms with E-state index in [1.807, 2.05) is 61.5 Å². The Morgan fingerprint density at radius 2 is 1.81 bits per heavy atom. The molecule has 1 heterocycles. The van der Waals surface area contributed by atoms with Crippen LogP contribution in [-0.4, -0.2) is 37.0 Å². The number of fused-ring (bicyclic) bond motifs is 1. The molecule has 1 aliphatic heterocycles. The molecule has 5 nitrogen and oxygen atoms in total. The number of nitrogens with zero attached hydrogens (tertiary/aromatic N) is 1. The van der Waals surface area contributed by atoms with Crippen molar-refractivity contribution in [1.29, 1.82) is 0 Å². The largest absolute Gasteiger partial charge is 0.488 e. The standard InChI is InChI=1S/C21H21NO4/c1-15(16-8-4-3-5-9-16)22(2)20(23)14-26-21(24)18-12-17-10-6-7-11-19(17)25-13-18/h3-12,15H,13-14H2,1-2H3/t15-/m1/s1. The first kappa shape index (κ1) is 17.7. The van der Waals surface area contributed by atoms with Crippen molar-refractivity contribution in [1.82, 2.24) is 4.90 Å². The molecule has 0 spiro atoms. The molecular formula is C21H21NO4. The number of benzene rings is 2. The van der Waals surface area contributed by atoms with Gasteiger partial charge in [-0.1, -0.05) is 48.5 Å². The van der Waals surface area contributed by atoms with Crippen LogP contribution >= 0.6 is 0 Å². The lowest BCUT2D eigenvalue weighted by molar-refractivity contribution is -0.149. The summed E-state index contributed by atoms with van der Waals surface area (Å²) in [5.41, 5.74) is 2.25. The van der Waals surface area contributed by atoms with Gasteiger partial charge in [-0.2, -0.15) is 0 Å². The van der Waals surface area contributed by atoms with Crippen molar-refractivity contribution < 1.29 is 19.1 Å². The molecule has 2 aromatic carbocycles. The first-order valence-electron chi connectivity index (χ1n) is 8.46. The van der Waals surface area contributed by atoms with Gasteiger partial charge in [0, 0.05) is 12.6 Å². The fraction of sp³-hybridized carbons (Fsp3) is 0.238. The second kappa shape index (κ2) is 7.87. The minimum Gasteiger partial charge on any atom is -0.488 e. The number of carbonyl (C=O) groups is 2. The second-order valence-electron chi connectivity index (χ2n) is 6.16. The van der Waals surface area contributed by atoms with Crippen LogP contribution in [0.3, 0.4) is 0 Å². The van der Waals surface area contributed by atoms with Gasteiger partial charge in [0.25, 0.3) is 5.91 Å². The minimum atomic E-state index is -0.534. The molecule has 26 heavy (non-hydrogen) atoms. The number of ether oxygens (including phenoxy) is 2. The second-order valence-corrected chi connectivity index (χ2v) is 6.16. The highest BCUT2D eigenvalue weighted by atomic mass is 16.5. The number of para-hydroxylation sites is 1. The Balaban J connectivity index is 1.58. The molecule has 3 rings (SSSR count). The SMILES string of the molecule is C[C@H](c1ccccc1)N(C)C(=O)COC(=O)C1=Cc2ccccc2OC1. The highest BCUT2D eigenvalue weighted by molar-refractivity contribution is 5.96. The maximum absolute atomic E-state index is 12.3. The van der Waals surface area contributed by atoms with E-state index in [-0.39, 0.29) is 25.2 Å². The average Bonchev–Trinajstić information content (AvgIpc) is 2.70. The lowest BCUT2D eigenvalue weighted by atomic mass is 10.1. The van der Waals surface area contributed by atoms with Crippen LogP contribution in [0.5, 0.6) is 5.75 Å². The zero-order chi connectivity index (χ0) is 18.5. The lowest BCUT2D eigenvalue weighted by Gasteiger charge is -2.25. The maximum Gasteiger partial charge on any atom is 0.338 e. The third-order valence-electron chi connectivity index (χ3n) is 4.48. The van der Waals surface area contributed by atoms with E-state index in [0.717, 1.165) is 16.9 Å². The molecule has 2 aromatic rings. The van der Waals surface area contributed by atoms with E-state index < -0.39 is 5.97 Å². The maximum atomic E-state index is 12.3. The van der Waals surface area contributed by atoms with Crippen molar-refractivity contribution in [2.24, 2.45) is 0 Å². The van der Waals surface area contributed by atoms with Crippen LogP contribution in [0.1, 0.15) is 24.1 Å². The monoisotopic (exact) mass is 351 g/mol. The molecule has 0 bridgehead atoms. The van der Waals surface area contributed by atoms with Gasteiger partial charge < -0.3 is 14.4 Å². The quantitative estimate of drug-likeness (QED) is 0.776. The summed E-state index contributed by atoms with van der Waals surface area (Å²) in [4.78, 5) is 26.1. The predicted octanol–water partition coefficient (Wildman–Crippen LogP) is 3.23. The number of hydrogen-bond acceptors (Lipinski definition) is 4. The zero-order valence-corrected chi connectivity index (χ0v) is 14.8. The molecule has 1 aliphatic rings. The van der Waals surface area contributed by atoms with Gasteiger partial charge in [-0.15, -0.1) is 0 Å². The van der Waals surface area contributed by atoms with E-state index in [1.165, 1.54) is 0 Å². The first-order chi connectivity index (χ1) is 12.6. The molecule has 5 heteroatoms. The molecule has 0 saturated carbocycles. The molecule has 0 unspecified atom stereocenters. The van der Waals surface area contributed by atoms with Crippen molar-refractivity contribution >= 4 is 18.0 Å². The van der Waals surface area contributed by atoms with Gasteiger partial charge in [0.2, 0.25) is 0 Å². The Labute approximate surface area is 152 Å². The number of amides is 1. The Kier molecular flexibility index (Phi) is 5.37. The number of esters is 1. The number of hydrogen-bond donors (Lipinski definition) is 0. The van der Waals surface area contributed by atoms with E-state index in [0.29, 0.717) is 5.57 Å². The van der Waals surface area contributed by atoms with Crippen LogP contribution in [0.2, 0.25) is 0 Å². The summed E-state index contributed by atoms with van der Waals surface area (Å²) in [6, 6.07) is 17.1. The lowest BCUT2D eigenvalue weighted by Crippen LogP contribution is -2.34. The topological polar surface area (TPSA) is 55.8 Å². The summed E-state index contributed by atoms with van der Waals surface area (Å²) >= 11 is 0. The fourth-order valence-corrected chi connectivity index (χ4v) is 2.73. The third kappa shape index (κ3) is 3.94. The van der Waals surface area contributed by atoms with Gasteiger partial charge in [0.15, 0.2) is 6.61 Å². The summed E-state index contributed by atoms with van der Waals surface area (Å²) in [5.74, 6) is -0.0578. The molecule has 0 aromatic heterocycles. The predicted molar refractivity (Wildman–Crippen MR) is 98.5 cm³/mol. The van der Waals surface area contributed by atoms with Gasteiger partial charge in [0.05, 0.1) is 11.6 Å². The van der Waals surface area contributed by atoms with Crippen LogP contribution in [0, 0.1) is 0 Å². The van der Waals surface area contributed by atoms with E-state index in [1.54, 1.807) is 18.0 Å². The Morgan fingerprint density at radius 1 is 1.12 bits per heavy atom. The highest BCUT2D eigenvalue weighted by Gasteiger charge is 2.22. The van der Waals surface area contributed by atoms with E-state index in [4.69, 9.17) is 9.47 Å². The molecule has 1 atom stereocenters. The van der Waals surface area contributed by atoms with E-state index in [2.05, 4.69) is 0 Å². The highest BCUT2D eigenvalue weighted by Crippen LogP contribution is 2.26. The van der Waals surface area contributed by atoms with Crippen LogP contribution in [-0.2, 0) is 14.3 Å². The van der Waals surface area contributed by atoms with Crippen LogP contribution in [0.25, 0.3) is 6.08 Å². The van der Waals surface area contributed by atoms with Gasteiger partial charge in [-0.3, -0.25) is 4.79 Å². The molecule has 0 aliphatic carbocycles. The summed E-state index contributed by atoms with van der Waals surface area (Å²) in [6.45, 7) is 1.77. The summed E-state index contributed by atoms with van der Waals surface area (Å²) in [6.07, 6.45) is 1.74. The van der Waals surface area contributed by atoms with Crippen molar-refractivity contribution in [2.45, 2.75) is 13.0 Å². The van der Waals surface area contributed by atoms with Crippen LogP contribution in [0.4, 0.5) is 0 Å². The van der Waals surface area contributed by atoms with Crippen molar-refractivity contribution in [2.75, 3.05) is 20.3 Å². The van der Waals surface area contributed by atoms with Crippen LogP contribution < -0.4 is 4.74 Å². The Morgan fingerprint density at radius 3 is 2.58 bits per heavy atom. The summed E-state index contributed by atoms with van der Waals surface area (Å²) < 4.78 is 10.7. The van der Waals surface area contributed by atoms with Gasteiger partial charge in [-0.05, 0) is 24.6 Å². The summed E-state index contributed by atoms with van der Waals surface area (Å²) in [5, 5.41) is 0. The minimum absolute atomic E-state index is 0.105. The van der Waals surface area contributed by atoms with Crippen LogP contribution in [0.15, 0.2) is 60.2 Å². The van der Waals surface area contributed by atoms with E-state index in [9.17, 15) is 9.59 Å². The normalized spacial score (nSPS) is 13.7. The molecule has 1 amide bonds. The number of likely N-dealkylation sites (N-methyl/N-ethyl adjacent to an activating group) is 1. The van der Waals surface area contributed by atoms with Gasteiger partial charge in [0.1, 0.15) is 12.4 Å². The van der Waals surface area contributed by atoms with Gasteiger partial charge >= 0.3 is 5.97 Å². The Bertz CT molecular complexity index is 829. The van der Waals surface area contributed by atoms with Crippen molar-refractivity contribution in [3.63, 3.8) is 0 Å². The molecule has 0 radical (unpaired) electrons.